The van der Waals surface area contributed by atoms with Crippen LogP contribution < -0.4 is 0 Å². The van der Waals surface area contributed by atoms with Crippen LogP contribution in [-0.4, -0.2) is 0 Å². The summed E-state index contributed by atoms with van der Waals surface area (Å²) in [5.74, 6) is 0.859. The fourth-order valence-corrected chi connectivity index (χ4v) is 3.05. The monoisotopic (exact) mass is 280 g/mol. The molecule has 0 N–H and O–H groups in total. The van der Waals surface area contributed by atoms with Gasteiger partial charge in [0, 0.05) is 0 Å². The Labute approximate surface area is 130 Å². The van der Waals surface area contributed by atoms with Crippen molar-refractivity contribution >= 4 is 0 Å². The van der Waals surface area contributed by atoms with Crippen LogP contribution in [0.5, 0.6) is 0 Å². The van der Waals surface area contributed by atoms with Gasteiger partial charge >= 0.3 is 0 Å². The molecule has 0 saturated heterocycles. The van der Waals surface area contributed by atoms with E-state index in [0.29, 0.717) is 0 Å². The second kappa shape index (κ2) is 8.67. The Morgan fingerprint density at radius 1 is 0.714 bits per heavy atom. The molecular weight excluding hydrogens is 252 g/mol. The largest absolute Gasteiger partial charge is 0.0654 e. The second-order valence-corrected chi connectivity index (χ2v) is 6.06. The first-order chi connectivity index (χ1) is 10.3. The molecule has 0 bridgehead atoms. The van der Waals surface area contributed by atoms with Gasteiger partial charge in [-0.2, -0.15) is 0 Å². The molecule has 1 atom stereocenters. The van der Waals surface area contributed by atoms with E-state index in [1.54, 1.807) is 0 Å². The van der Waals surface area contributed by atoms with Crippen molar-refractivity contribution in [3.63, 3.8) is 0 Å². The van der Waals surface area contributed by atoms with Crippen LogP contribution in [0.1, 0.15) is 51.5 Å². The molecule has 0 aliphatic rings. The summed E-state index contributed by atoms with van der Waals surface area (Å²) in [6, 6.07) is 19.8. The lowest BCUT2D eigenvalue weighted by atomic mass is 9.90. The quantitative estimate of drug-likeness (QED) is 0.517. The zero-order valence-electron chi connectivity index (χ0n) is 13.5. The van der Waals surface area contributed by atoms with Gasteiger partial charge in [-0.15, -0.1) is 0 Å². The van der Waals surface area contributed by atoms with E-state index in [1.165, 1.54) is 55.2 Å². The molecule has 21 heavy (non-hydrogen) atoms. The van der Waals surface area contributed by atoms with Crippen LogP contribution in [-0.2, 0) is 6.42 Å². The molecule has 2 aromatic rings. The lowest BCUT2D eigenvalue weighted by molar-refractivity contribution is 0.427. The minimum Gasteiger partial charge on any atom is -0.0654 e. The Balaban J connectivity index is 2.01. The fraction of sp³-hybridized carbons (Fsp3) is 0.429. The van der Waals surface area contributed by atoms with Gasteiger partial charge in [0.15, 0.2) is 0 Å². The summed E-state index contributed by atoms with van der Waals surface area (Å²) in [7, 11) is 0. The minimum atomic E-state index is 0.859. The molecule has 0 heterocycles. The highest BCUT2D eigenvalue weighted by atomic mass is 14.1. The van der Waals surface area contributed by atoms with Crippen molar-refractivity contribution in [3.05, 3.63) is 60.2 Å². The van der Waals surface area contributed by atoms with E-state index < -0.39 is 0 Å². The van der Waals surface area contributed by atoms with Gasteiger partial charge in [-0.3, -0.25) is 0 Å². The van der Waals surface area contributed by atoms with Crippen molar-refractivity contribution in [2.24, 2.45) is 5.92 Å². The van der Waals surface area contributed by atoms with E-state index in [4.69, 9.17) is 0 Å². The standard InChI is InChI=1S/C21H28/c1-3-5-10-18(9-4-2)17-19-13-15-21(16-14-19)20-11-7-6-8-12-20/h6-8,11-16,18H,3-5,9-10,17H2,1-2H3. The molecule has 2 rings (SSSR count). The van der Waals surface area contributed by atoms with Crippen molar-refractivity contribution < 1.29 is 0 Å². The number of rotatable bonds is 8. The summed E-state index contributed by atoms with van der Waals surface area (Å²) in [4.78, 5) is 0. The highest BCUT2D eigenvalue weighted by Gasteiger charge is 2.08. The van der Waals surface area contributed by atoms with E-state index in [0.717, 1.165) is 5.92 Å². The number of benzene rings is 2. The van der Waals surface area contributed by atoms with Crippen molar-refractivity contribution in [2.45, 2.75) is 52.4 Å². The Kier molecular flexibility index (Phi) is 6.53. The third-order valence-corrected chi connectivity index (χ3v) is 4.25. The summed E-state index contributed by atoms with van der Waals surface area (Å²) in [6.45, 7) is 4.59. The predicted octanol–water partition coefficient (Wildman–Crippen LogP) is 6.50. The summed E-state index contributed by atoms with van der Waals surface area (Å²) in [6.07, 6.45) is 7.96. The average Bonchev–Trinajstić information content (AvgIpc) is 2.54. The molecule has 0 fully saturated rings. The molecule has 112 valence electrons. The molecule has 2 aromatic carbocycles. The Morgan fingerprint density at radius 3 is 2.00 bits per heavy atom. The van der Waals surface area contributed by atoms with Crippen LogP contribution in [0.25, 0.3) is 11.1 Å². The van der Waals surface area contributed by atoms with Crippen molar-refractivity contribution in [2.75, 3.05) is 0 Å². The molecule has 0 spiro atoms. The Hall–Kier alpha value is -1.56. The van der Waals surface area contributed by atoms with Gasteiger partial charge in [-0.05, 0) is 29.0 Å². The zero-order valence-corrected chi connectivity index (χ0v) is 13.5. The number of hydrogen-bond acceptors (Lipinski definition) is 0. The van der Waals surface area contributed by atoms with Gasteiger partial charge in [0.25, 0.3) is 0 Å². The molecule has 0 aliphatic heterocycles. The van der Waals surface area contributed by atoms with Crippen molar-refractivity contribution in [1.82, 2.24) is 0 Å². The van der Waals surface area contributed by atoms with Crippen molar-refractivity contribution in [3.8, 4) is 11.1 Å². The van der Waals surface area contributed by atoms with Gasteiger partial charge in [-0.1, -0.05) is 101 Å². The van der Waals surface area contributed by atoms with E-state index in [-0.39, 0.29) is 0 Å². The van der Waals surface area contributed by atoms with Gasteiger partial charge in [-0.25, -0.2) is 0 Å². The first-order valence-corrected chi connectivity index (χ1v) is 8.47. The highest BCUT2D eigenvalue weighted by molar-refractivity contribution is 5.63. The topological polar surface area (TPSA) is 0 Å². The van der Waals surface area contributed by atoms with Gasteiger partial charge in [0.1, 0.15) is 0 Å². The lowest BCUT2D eigenvalue weighted by Crippen LogP contribution is -2.04. The van der Waals surface area contributed by atoms with Crippen molar-refractivity contribution in [1.29, 1.82) is 0 Å². The van der Waals surface area contributed by atoms with E-state index in [1.807, 2.05) is 0 Å². The minimum absolute atomic E-state index is 0.859. The Morgan fingerprint density at radius 2 is 1.38 bits per heavy atom. The fourth-order valence-electron chi connectivity index (χ4n) is 3.05. The van der Waals surface area contributed by atoms with E-state index in [9.17, 15) is 0 Å². The molecule has 0 aromatic heterocycles. The second-order valence-electron chi connectivity index (χ2n) is 6.06. The first kappa shape index (κ1) is 15.8. The third-order valence-electron chi connectivity index (χ3n) is 4.25. The van der Waals surface area contributed by atoms with Crippen LogP contribution >= 0.6 is 0 Å². The molecule has 0 saturated carbocycles. The number of unbranched alkanes of at least 4 members (excludes halogenated alkanes) is 1. The molecule has 1 unspecified atom stereocenters. The maximum Gasteiger partial charge on any atom is -0.0184 e. The maximum absolute atomic E-state index is 2.32. The summed E-state index contributed by atoms with van der Waals surface area (Å²) in [5, 5.41) is 0. The zero-order chi connectivity index (χ0) is 14.9. The van der Waals surface area contributed by atoms with Gasteiger partial charge in [0.05, 0.1) is 0 Å². The lowest BCUT2D eigenvalue weighted by Gasteiger charge is -2.16. The van der Waals surface area contributed by atoms with Crippen LogP contribution in [0, 0.1) is 5.92 Å². The highest BCUT2D eigenvalue weighted by Crippen LogP contribution is 2.23. The molecule has 0 heteroatoms. The summed E-state index contributed by atoms with van der Waals surface area (Å²) in [5.41, 5.74) is 4.12. The van der Waals surface area contributed by atoms with Gasteiger partial charge < -0.3 is 0 Å². The van der Waals surface area contributed by atoms with Crippen LogP contribution in [0.3, 0.4) is 0 Å². The number of hydrogen-bond donors (Lipinski definition) is 0. The summed E-state index contributed by atoms with van der Waals surface area (Å²) < 4.78 is 0. The van der Waals surface area contributed by atoms with Crippen LogP contribution in [0.4, 0.5) is 0 Å². The molecule has 0 aliphatic carbocycles. The summed E-state index contributed by atoms with van der Waals surface area (Å²) >= 11 is 0. The Bertz CT molecular complexity index is 495. The first-order valence-electron chi connectivity index (χ1n) is 8.47. The van der Waals surface area contributed by atoms with Gasteiger partial charge in [0.2, 0.25) is 0 Å². The van der Waals surface area contributed by atoms with E-state index in [2.05, 4.69) is 68.4 Å². The average molecular weight is 280 g/mol. The molecule has 0 nitrogen and oxygen atoms in total. The van der Waals surface area contributed by atoms with E-state index >= 15 is 0 Å². The normalized spacial score (nSPS) is 12.3. The molecular formula is C21H28. The predicted molar refractivity (Wildman–Crippen MR) is 93.5 cm³/mol. The maximum atomic E-state index is 2.32. The third kappa shape index (κ3) is 5.04. The van der Waals surface area contributed by atoms with Crippen LogP contribution in [0.2, 0.25) is 0 Å². The van der Waals surface area contributed by atoms with Crippen LogP contribution in [0.15, 0.2) is 54.6 Å². The SMILES string of the molecule is CCCCC(CCC)Cc1ccc(-c2ccccc2)cc1. The molecule has 0 amide bonds. The smallest absolute Gasteiger partial charge is 0.0184 e. The molecule has 0 radical (unpaired) electrons.